The Kier molecular flexibility index (Phi) is 9.84. The highest BCUT2D eigenvalue weighted by molar-refractivity contribution is 8.18. The number of hydrogen-bond acceptors (Lipinski definition) is 7. The second kappa shape index (κ2) is 13.9. The molecule has 2 heterocycles. The van der Waals surface area contributed by atoms with Gasteiger partial charge in [0.1, 0.15) is 6.61 Å². The Labute approximate surface area is 254 Å². The number of likely N-dealkylation sites (N-methyl/N-ethyl adjacent to an activating group) is 1. The number of thioether (sulfide) groups is 1. The predicted octanol–water partition coefficient (Wildman–Crippen LogP) is 6.41. The molecule has 3 aromatic carbocycles. The number of benzene rings is 3. The van der Waals surface area contributed by atoms with Crippen LogP contribution in [-0.2, 0) is 16.1 Å². The molecule has 5 rings (SSSR count). The molecule has 218 valence electrons. The van der Waals surface area contributed by atoms with Crippen LogP contribution in [0.5, 0.6) is 11.5 Å². The number of amides is 2. The van der Waals surface area contributed by atoms with Crippen LogP contribution in [-0.4, -0.2) is 66.2 Å². The highest BCUT2D eigenvalue weighted by Crippen LogP contribution is 2.36. The van der Waals surface area contributed by atoms with Gasteiger partial charge in [-0.25, -0.2) is 4.99 Å². The molecule has 0 atom stereocenters. The van der Waals surface area contributed by atoms with Crippen molar-refractivity contribution in [1.82, 2.24) is 9.80 Å². The lowest BCUT2D eigenvalue weighted by molar-refractivity contribution is -0.122. The summed E-state index contributed by atoms with van der Waals surface area (Å²) in [6.07, 6.45) is 1.83. The van der Waals surface area contributed by atoms with Gasteiger partial charge >= 0.3 is 0 Å². The number of carbonyl (C=O) groups excluding carboxylic acids is 2. The summed E-state index contributed by atoms with van der Waals surface area (Å²) in [6.45, 7) is 7.27. The van der Waals surface area contributed by atoms with Gasteiger partial charge in [0, 0.05) is 35.8 Å². The number of amidine groups is 1. The molecule has 2 amide bonds. The molecule has 0 aliphatic carbocycles. The van der Waals surface area contributed by atoms with Gasteiger partial charge in [0.2, 0.25) is 0 Å². The summed E-state index contributed by atoms with van der Waals surface area (Å²) < 4.78 is 17.2. The lowest BCUT2D eigenvalue weighted by Crippen LogP contribution is -2.40. The SMILES string of the molecule is CCOc1cc(/C=C2/SC(=Nc3cccc(C(=O)N4CCOCC4)c3)N(CC)C2=O)ccc1OCc1ccccc1Cl. The standard InChI is InChI=1S/C32H32ClN3O5S/c1-3-36-31(38)29(42-32(36)34-25-10-7-9-23(20-25)30(37)35-14-16-39-17-15-35)19-22-12-13-27(28(18-22)40-4-2)41-21-24-8-5-6-11-26(24)33/h5-13,18-20H,3-4,14-17,21H2,1-2H3/b29-19+,34-32?. The van der Waals surface area contributed by atoms with E-state index in [-0.39, 0.29) is 11.8 Å². The molecule has 0 aromatic heterocycles. The van der Waals surface area contributed by atoms with E-state index in [2.05, 4.69) is 0 Å². The van der Waals surface area contributed by atoms with Gasteiger partial charge in [-0.1, -0.05) is 41.9 Å². The van der Waals surface area contributed by atoms with Crippen LogP contribution in [0.3, 0.4) is 0 Å². The molecule has 0 spiro atoms. The molecule has 0 saturated carbocycles. The first kappa shape index (κ1) is 29.7. The summed E-state index contributed by atoms with van der Waals surface area (Å²) in [6, 6.07) is 20.3. The van der Waals surface area contributed by atoms with E-state index >= 15 is 0 Å². The summed E-state index contributed by atoms with van der Waals surface area (Å²) in [5, 5.41) is 1.21. The van der Waals surface area contributed by atoms with E-state index in [0.29, 0.717) is 83.9 Å². The summed E-state index contributed by atoms with van der Waals surface area (Å²) in [7, 11) is 0. The molecule has 2 aliphatic rings. The third-order valence-corrected chi connectivity index (χ3v) is 8.10. The normalized spacial score (nSPS) is 17.3. The van der Waals surface area contributed by atoms with Crippen LogP contribution in [0, 0.1) is 0 Å². The maximum Gasteiger partial charge on any atom is 0.266 e. The number of nitrogens with zero attached hydrogens (tertiary/aromatic N) is 3. The van der Waals surface area contributed by atoms with Crippen LogP contribution < -0.4 is 9.47 Å². The van der Waals surface area contributed by atoms with Gasteiger partial charge in [0.25, 0.3) is 11.8 Å². The number of morpholine rings is 1. The Morgan fingerprint density at radius 3 is 2.60 bits per heavy atom. The fourth-order valence-corrected chi connectivity index (χ4v) is 5.82. The van der Waals surface area contributed by atoms with Crippen LogP contribution >= 0.6 is 23.4 Å². The van der Waals surface area contributed by atoms with Crippen molar-refractivity contribution in [3.8, 4) is 11.5 Å². The van der Waals surface area contributed by atoms with E-state index in [9.17, 15) is 9.59 Å². The van der Waals surface area contributed by atoms with Crippen molar-refractivity contribution in [1.29, 1.82) is 0 Å². The van der Waals surface area contributed by atoms with Gasteiger partial charge < -0.3 is 19.1 Å². The van der Waals surface area contributed by atoms with Crippen molar-refractivity contribution >= 4 is 52.1 Å². The number of ether oxygens (including phenoxy) is 3. The third kappa shape index (κ3) is 6.98. The molecule has 2 aliphatic heterocycles. The van der Waals surface area contributed by atoms with E-state index in [4.69, 9.17) is 30.8 Å². The Hall–Kier alpha value is -3.79. The van der Waals surface area contributed by atoms with Crippen LogP contribution in [0.4, 0.5) is 5.69 Å². The van der Waals surface area contributed by atoms with Gasteiger partial charge in [0.05, 0.1) is 30.4 Å². The number of halogens is 1. The van der Waals surface area contributed by atoms with Crippen molar-refractivity contribution < 1.29 is 23.8 Å². The largest absolute Gasteiger partial charge is 0.490 e. The molecular formula is C32H32ClN3O5S. The van der Waals surface area contributed by atoms with Crippen LogP contribution in [0.25, 0.3) is 6.08 Å². The lowest BCUT2D eigenvalue weighted by Gasteiger charge is -2.26. The monoisotopic (exact) mass is 605 g/mol. The number of rotatable bonds is 9. The first-order valence-electron chi connectivity index (χ1n) is 13.9. The number of aliphatic imine (C=N–C) groups is 1. The van der Waals surface area contributed by atoms with Crippen LogP contribution in [0.2, 0.25) is 5.02 Å². The second-order valence-corrected chi connectivity index (χ2v) is 10.9. The minimum atomic E-state index is -0.126. The molecule has 2 saturated heterocycles. The van der Waals surface area contributed by atoms with Crippen molar-refractivity contribution in [3.63, 3.8) is 0 Å². The molecule has 0 bridgehead atoms. The highest BCUT2D eigenvalue weighted by Gasteiger charge is 2.32. The van der Waals surface area contributed by atoms with Crippen molar-refractivity contribution in [2.45, 2.75) is 20.5 Å². The molecule has 8 nitrogen and oxygen atoms in total. The Morgan fingerprint density at radius 1 is 1.02 bits per heavy atom. The molecular weight excluding hydrogens is 574 g/mol. The summed E-state index contributed by atoms with van der Waals surface area (Å²) in [5.74, 6) is 0.997. The predicted molar refractivity (Wildman–Crippen MR) is 167 cm³/mol. The molecule has 0 radical (unpaired) electrons. The van der Waals surface area contributed by atoms with Gasteiger partial charge in [-0.2, -0.15) is 0 Å². The minimum absolute atomic E-state index is 0.0483. The third-order valence-electron chi connectivity index (χ3n) is 6.73. The van der Waals surface area contributed by atoms with Gasteiger partial charge in [0.15, 0.2) is 16.7 Å². The lowest BCUT2D eigenvalue weighted by atomic mass is 10.1. The quantitative estimate of drug-likeness (QED) is 0.262. The molecule has 0 N–H and O–H groups in total. The molecule has 2 fully saturated rings. The van der Waals surface area contributed by atoms with Gasteiger partial charge in [-0.05, 0) is 73.6 Å². The molecule has 42 heavy (non-hydrogen) atoms. The number of carbonyl (C=O) groups is 2. The second-order valence-electron chi connectivity index (χ2n) is 9.53. The topological polar surface area (TPSA) is 80.7 Å². The highest BCUT2D eigenvalue weighted by atomic mass is 35.5. The van der Waals surface area contributed by atoms with E-state index in [1.54, 1.807) is 21.9 Å². The van der Waals surface area contributed by atoms with Crippen LogP contribution in [0.1, 0.15) is 35.3 Å². The summed E-state index contributed by atoms with van der Waals surface area (Å²) >= 11 is 7.58. The Balaban J connectivity index is 1.35. The average Bonchev–Trinajstić information content (AvgIpc) is 3.30. The van der Waals surface area contributed by atoms with Crippen LogP contribution in [0.15, 0.2) is 76.6 Å². The maximum atomic E-state index is 13.3. The smallest absolute Gasteiger partial charge is 0.266 e. The zero-order valence-corrected chi connectivity index (χ0v) is 25.1. The summed E-state index contributed by atoms with van der Waals surface area (Å²) in [5.41, 5.74) is 2.85. The fraction of sp³-hybridized carbons (Fsp3) is 0.281. The zero-order chi connectivity index (χ0) is 29.5. The van der Waals surface area contributed by atoms with Crippen molar-refractivity contribution in [3.05, 3.63) is 93.3 Å². The summed E-state index contributed by atoms with van der Waals surface area (Å²) in [4.78, 5) is 35.0. The molecule has 10 heteroatoms. The minimum Gasteiger partial charge on any atom is -0.490 e. The van der Waals surface area contributed by atoms with Gasteiger partial charge in [-0.3, -0.25) is 14.5 Å². The maximum absolute atomic E-state index is 13.3. The van der Waals surface area contributed by atoms with E-state index in [0.717, 1.165) is 11.1 Å². The average molecular weight is 606 g/mol. The van der Waals surface area contributed by atoms with E-state index in [1.165, 1.54) is 11.8 Å². The molecule has 3 aromatic rings. The van der Waals surface area contributed by atoms with E-state index < -0.39 is 0 Å². The van der Waals surface area contributed by atoms with Crippen molar-refractivity contribution in [2.24, 2.45) is 4.99 Å². The first-order valence-corrected chi connectivity index (χ1v) is 15.1. The fourth-order valence-electron chi connectivity index (χ4n) is 4.56. The number of hydrogen-bond donors (Lipinski definition) is 0. The first-order chi connectivity index (χ1) is 20.5. The Bertz CT molecular complexity index is 1520. The molecule has 0 unspecified atom stereocenters. The zero-order valence-electron chi connectivity index (χ0n) is 23.5. The van der Waals surface area contributed by atoms with E-state index in [1.807, 2.05) is 74.5 Å². The van der Waals surface area contributed by atoms with Gasteiger partial charge in [-0.15, -0.1) is 0 Å². The van der Waals surface area contributed by atoms with Crippen molar-refractivity contribution in [2.75, 3.05) is 39.5 Å². The Morgan fingerprint density at radius 2 is 1.83 bits per heavy atom.